The molecule has 0 aromatic heterocycles. The van der Waals surface area contributed by atoms with Gasteiger partial charge in [0.1, 0.15) is 0 Å². The molecule has 0 saturated heterocycles. The molecular formula is C13H16N2. The second kappa shape index (κ2) is 4.48. The van der Waals surface area contributed by atoms with Gasteiger partial charge in [-0.1, -0.05) is 30.2 Å². The van der Waals surface area contributed by atoms with Crippen molar-refractivity contribution in [3.8, 4) is 12.3 Å². The standard InChI is InChI=1S/C13H16N2/c1-2-8-15-9-7-11-5-3-4-6-12(11)13(15)10-14/h1,3-6,13H,7-10,14H2. The maximum atomic E-state index is 5.83. The van der Waals surface area contributed by atoms with E-state index in [1.165, 1.54) is 11.1 Å². The Kier molecular flexibility index (Phi) is 3.05. The van der Waals surface area contributed by atoms with Gasteiger partial charge in [-0.05, 0) is 17.5 Å². The van der Waals surface area contributed by atoms with Crippen LogP contribution in [-0.4, -0.2) is 24.5 Å². The van der Waals surface area contributed by atoms with Crippen LogP contribution in [0, 0.1) is 12.3 Å². The summed E-state index contributed by atoms with van der Waals surface area (Å²) in [5.74, 6) is 2.70. The van der Waals surface area contributed by atoms with Crippen molar-refractivity contribution < 1.29 is 0 Å². The van der Waals surface area contributed by atoms with Gasteiger partial charge in [-0.15, -0.1) is 6.42 Å². The van der Waals surface area contributed by atoms with Crippen LogP contribution in [0.2, 0.25) is 0 Å². The highest BCUT2D eigenvalue weighted by Crippen LogP contribution is 2.28. The Labute approximate surface area is 91.1 Å². The van der Waals surface area contributed by atoms with Crippen molar-refractivity contribution in [1.82, 2.24) is 4.90 Å². The first-order valence-electron chi connectivity index (χ1n) is 5.32. The second-order valence-electron chi connectivity index (χ2n) is 3.87. The van der Waals surface area contributed by atoms with Crippen LogP contribution < -0.4 is 5.73 Å². The van der Waals surface area contributed by atoms with E-state index in [9.17, 15) is 0 Å². The highest BCUT2D eigenvalue weighted by Gasteiger charge is 2.24. The van der Waals surface area contributed by atoms with E-state index >= 15 is 0 Å². The maximum Gasteiger partial charge on any atom is 0.0604 e. The number of fused-ring (bicyclic) bond motifs is 1. The minimum Gasteiger partial charge on any atom is -0.329 e. The highest BCUT2D eigenvalue weighted by atomic mass is 15.2. The van der Waals surface area contributed by atoms with Gasteiger partial charge in [0.25, 0.3) is 0 Å². The number of rotatable bonds is 2. The molecule has 1 unspecified atom stereocenters. The van der Waals surface area contributed by atoms with Gasteiger partial charge in [-0.3, -0.25) is 4.90 Å². The lowest BCUT2D eigenvalue weighted by molar-refractivity contribution is 0.214. The third kappa shape index (κ3) is 1.90. The number of hydrogen-bond donors (Lipinski definition) is 1. The summed E-state index contributed by atoms with van der Waals surface area (Å²) >= 11 is 0. The van der Waals surface area contributed by atoms with Crippen molar-refractivity contribution >= 4 is 0 Å². The topological polar surface area (TPSA) is 29.3 Å². The van der Waals surface area contributed by atoms with Gasteiger partial charge in [0.2, 0.25) is 0 Å². The van der Waals surface area contributed by atoms with Gasteiger partial charge < -0.3 is 5.73 Å². The van der Waals surface area contributed by atoms with Crippen molar-refractivity contribution in [2.45, 2.75) is 12.5 Å². The predicted molar refractivity (Wildman–Crippen MR) is 62.3 cm³/mol. The molecular weight excluding hydrogens is 184 g/mol. The largest absolute Gasteiger partial charge is 0.329 e. The van der Waals surface area contributed by atoms with E-state index < -0.39 is 0 Å². The third-order valence-electron chi connectivity index (χ3n) is 3.04. The molecule has 2 N–H and O–H groups in total. The molecule has 0 saturated carbocycles. The first kappa shape index (κ1) is 10.2. The lowest BCUT2D eigenvalue weighted by Gasteiger charge is -2.35. The number of terminal acetylenes is 1. The minimum absolute atomic E-state index is 0.297. The van der Waals surface area contributed by atoms with Gasteiger partial charge in [0, 0.05) is 19.1 Å². The van der Waals surface area contributed by atoms with E-state index in [-0.39, 0.29) is 0 Å². The maximum absolute atomic E-state index is 5.83. The summed E-state index contributed by atoms with van der Waals surface area (Å²) in [5.41, 5.74) is 8.59. The Morgan fingerprint density at radius 2 is 2.27 bits per heavy atom. The fraction of sp³-hybridized carbons (Fsp3) is 0.385. The Hall–Kier alpha value is -1.30. The Bertz CT molecular complexity index is 378. The van der Waals surface area contributed by atoms with E-state index in [0.717, 1.165) is 13.0 Å². The van der Waals surface area contributed by atoms with Gasteiger partial charge in [-0.25, -0.2) is 0 Å². The molecule has 1 aromatic carbocycles. The van der Waals surface area contributed by atoms with Crippen molar-refractivity contribution in [3.63, 3.8) is 0 Å². The molecule has 0 amide bonds. The molecule has 0 fully saturated rings. The number of benzene rings is 1. The Balaban J connectivity index is 2.31. The van der Waals surface area contributed by atoms with Crippen LogP contribution in [0.25, 0.3) is 0 Å². The van der Waals surface area contributed by atoms with E-state index in [0.29, 0.717) is 19.1 Å². The molecule has 2 nitrogen and oxygen atoms in total. The van der Waals surface area contributed by atoms with Crippen LogP contribution in [0.3, 0.4) is 0 Å². The van der Waals surface area contributed by atoms with E-state index in [1.807, 2.05) is 0 Å². The SMILES string of the molecule is C#CCN1CCc2ccccc2C1CN. The molecule has 2 rings (SSSR count). The van der Waals surface area contributed by atoms with Gasteiger partial charge in [-0.2, -0.15) is 0 Å². The predicted octanol–water partition coefficient (Wildman–Crippen LogP) is 1.18. The summed E-state index contributed by atoms with van der Waals surface area (Å²) in [6, 6.07) is 8.80. The monoisotopic (exact) mass is 200 g/mol. The molecule has 0 radical (unpaired) electrons. The van der Waals surface area contributed by atoms with Crippen LogP contribution in [0.5, 0.6) is 0 Å². The van der Waals surface area contributed by atoms with E-state index in [2.05, 4.69) is 35.1 Å². The Morgan fingerprint density at radius 3 is 3.00 bits per heavy atom. The number of nitrogens with two attached hydrogens (primary N) is 1. The summed E-state index contributed by atoms with van der Waals surface area (Å²) < 4.78 is 0. The van der Waals surface area contributed by atoms with Crippen molar-refractivity contribution in [2.75, 3.05) is 19.6 Å². The quantitative estimate of drug-likeness (QED) is 0.726. The molecule has 1 heterocycles. The summed E-state index contributed by atoms with van der Waals surface area (Å²) in [4.78, 5) is 2.28. The normalized spacial score (nSPS) is 20.7. The highest BCUT2D eigenvalue weighted by molar-refractivity contribution is 5.33. The first-order valence-corrected chi connectivity index (χ1v) is 5.32. The zero-order chi connectivity index (χ0) is 10.7. The van der Waals surface area contributed by atoms with Crippen LogP contribution in [0.1, 0.15) is 17.2 Å². The minimum atomic E-state index is 0.297. The summed E-state index contributed by atoms with van der Waals surface area (Å²) in [6.07, 6.45) is 6.44. The van der Waals surface area contributed by atoms with Gasteiger partial charge >= 0.3 is 0 Å². The zero-order valence-electron chi connectivity index (χ0n) is 8.82. The molecule has 15 heavy (non-hydrogen) atoms. The number of nitrogens with zero attached hydrogens (tertiary/aromatic N) is 1. The molecule has 1 aliphatic heterocycles. The molecule has 0 aliphatic carbocycles. The van der Waals surface area contributed by atoms with Gasteiger partial charge in [0.05, 0.1) is 6.54 Å². The molecule has 78 valence electrons. The lowest BCUT2D eigenvalue weighted by Crippen LogP contribution is -2.39. The van der Waals surface area contributed by atoms with Crippen molar-refractivity contribution in [2.24, 2.45) is 5.73 Å². The second-order valence-corrected chi connectivity index (χ2v) is 3.87. The third-order valence-corrected chi connectivity index (χ3v) is 3.04. The molecule has 1 atom stereocenters. The average molecular weight is 200 g/mol. The van der Waals surface area contributed by atoms with E-state index in [1.54, 1.807) is 0 Å². The zero-order valence-corrected chi connectivity index (χ0v) is 8.82. The molecule has 2 heteroatoms. The lowest BCUT2D eigenvalue weighted by atomic mass is 9.93. The van der Waals surface area contributed by atoms with Crippen LogP contribution in [-0.2, 0) is 6.42 Å². The smallest absolute Gasteiger partial charge is 0.0604 e. The summed E-state index contributed by atoms with van der Waals surface area (Å²) in [6.45, 7) is 2.35. The van der Waals surface area contributed by atoms with Crippen molar-refractivity contribution in [1.29, 1.82) is 0 Å². The molecule has 1 aliphatic rings. The molecule has 0 spiro atoms. The number of hydrogen-bond acceptors (Lipinski definition) is 2. The fourth-order valence-corrected chi connectivity index (χ4v) is 2.29. The van der Waals surface area contributed by atoms with Gasteiger partial charge in [0.15, 0.2) is 0 Å². The van der Waals surface area contributed by atoms with Crippen molar-refractivity contribution in [3.05, 3.63) is 35.4 Å². The summed E-state index contributed by atoms with van der Waals surface area (Å²) in [5, 5.41) is 0. The van der Waals surface area contributed by atoms with Crippen LogP contribution in [0.15, 0.2) is 24.3 Å². The van der Waals surface area contributed by atoms with E-state index in [4.69, 9.17) is 12.2 Å². The Morgan fingerprint density at radius 1 is 1.47 bits per heavy atom. The van der Waals surface area contributed by atoms with Crippen LogP contribution in [0.4, 0.5) is 0 Å². The summed E-state index contributed by atoms with van der Waals surface area (Å²) in [7, 11) is 0. The first-order chi connectivity index (χ1) is 7.36. The average Bonchev–Trinajstić information content (AvgIpc) is 2.29. The molecule has 0 bridgehead atoms. The van der Waals surface area contributed by atoms with Crippen LogP contribution >= 0.6 is 0 Å². The fourth-order valence-electron chi connectivity index (χ4n) is 2.29. The molecule has 1 aromatic rings.